The molecule has 0 saturated heterocycles. The zero-order valence-electron chi connectivity index (χ0n) is 11.9. The van der Waals surface area contributed by atoms with Crippen molar-refractivity contribution in [1.82, 2.24) is 4.98 Å². The number of amides is 1. The topological polar surface area (TPSA) is 51.2 Å². The quantitative estimate of drug-likeness (QED) is 0.754. The number of nitrogens with zero attached hydrogens (tertiary/aromatic N) is 1. The van der Waals surface area contributed by atoms with E-state index in [-0.39, 0.29) is 5.91 Å². The molecule has 0 aliphatic rings. The lowest BCUT2D eigenvalue weighted by molar-refractivity contribution is -0.114. The van der Waals surface area contributed by atoms with Crippen molar-refractivity contribution < 1.29 is 9.53 Å². The summed E-state index contributed by atoms with van der Waals surface area (Å²) < 4.78 is 5.72. The van der Waals surface area contributed by atoms with Crippen molar-refractivity contribution >= 4 is 34.3 Å². The highest BCUT2D eigenvalue weighted by Gasteiger charge is 2.06. The van der Waals surface area contributed by atoms with E-state index < -0.39 is 0 Å². The number of hydrogen-bond donors (Lipinski definition) is 1. The molecule has 0 fully saturated rings. The standard InChI is InChI=1S/C16H14N2O2S2/c1-11(19)17-13-2-4-15(5-3-13)20-8-14-10-22-16(18-14)12-6-7-21-9-12/h2-7,9-10H,8H2,1H3,(H,17,19). The van der Waals surface area contributed by atoms with Crippen molar-refractivity contribution in [2.24, 2.45) is 0 Å². The molecule has 0 aliphatic carbocycles. The molecule has 2 heterocycles. The molecule has 22 heavy (non-hydrogen) atoms. The maximum Gasteiger partial charge on any atom is 0.221 e. The van der Waals surface area contributed by atoms with Gasteiger partial charge in [-0.1, -0.05) is 0 Å². The molecule has 6 heteroatoms. The van der Waals surface area contributed by atoms with Gasteiger partial charge in [0.1, 0.15) is 17.4 Å². The molecule has 0 bridgehead atoms. The summed E-state index contributed by atoms with van der Waals surface area (Å²) in [5.41, 5.74) is 2.83. The number of thiophene rings is 1. The van der Waals surface area contributed by atoms with Gasteiger partial charge in [-0.3, -0.25) is 4.79 Å². The summed E-state index contributed by atoms with van der Waals surface area (Å²) in [7, 11) is 0. The molecule has 0 aliphatic heterocycles. The lowest BCUT2D eigenvalue weighted by atomic mass is 10.3. The minimum atomic E-state index is -0.0860. The van der Waals surface area contributed by atoms with E-state index in [4.69, 9.17) is 4.74 Å². The average Bonchev–Trinajstić information content (AvgIpc) is 3.17. The molecule has 0 saturated carbocycles. The smallest absolute Gasteiger partial charge is 0.221 e. The second-order valence-corrected chi connectivity index (χ2v) is 6.29. The number of hydrogen-bond acceptors (Lipinski definition) is 5. The monoisotopic (exact) mass is 330 g/mol. The van der Waals surface area contributed by atoms with Crippen LogP contribution in [0.4, 0.5) is 5.69 Å². The number of thiazole rings is 1. The first-order valence-electron chi connectivity index (χ1n) is 6.68. The minimum Gasteiger partial charge on any atom is -0.487 e. The normalized spacial score (nSPS) is 10.4. The maximum absolute atomic E-state index is 11.0. The van der Waals surface area contributed by atoms with E-state index in [1.807, 2.05) is 35.0 Å². The third kappa shape index (κ3) is 3.72. The summed E-state index contributed by atoms with van der Waals surface area (Å²) in [4.78, 5) is 15.5. The molecular formula is C16H14N2O2S2. The number of anilines is 1. The van der Waals surface area contributed by atoms with E-state index in [0.717, 1.165) is 27.7 Å². The van der Waals surface area contributed by atoms with Crippen LogP contribution in [0.2, 0.25) is 0 Å². The Morgan fingerprint density at radius 3 is 2.73 bits per heavy atom. The summed E-state index contributed by atoms with van der Waals surface area (Å²) in [6.07, 6.45) is 0. The molecule has 3 aromatic rings. The average molecular weight is 330 g/mol. The number of carbonyl (C=O) groups excluding carboxylic acids is 1. The summed E-state index contributed by atoms with van der Waals surface area (Å²) >= 11 is 3.28. The SMILES string of the molecule is CC(=O)Nc1ccc(OCc2csc(-c3ccsc3)n2)cc1. The van der Waals surface area contributed by atoms with Crippen molar-refractivity contribution in [1.29, 1.82) is 0 Å². The summed E-state index contributed by atoms with van der Waals surface area (Å²) in [6, 6.07) is 9.35. The van der Waals surface area contributed by atoms with Crippen LogP contribution in [0.1, 0.15) is 12.6 Å². The first-order valence-corrected chi connectivity index (χ1v) is 8.50. The first-order chi connectivity index (χ1) is 10.7. The van der Waals surface area contributed by atoms with Gasteiger partial charge in [-0.15, -0.1) is 11.3 Å². The van der Waals surface area contributed by atoms with Gasteiger partial charge in [-0.05, 0) is 35.7 Å². The van der Waals surface area contributed by atoms with Crippen LogP contribution in [0.5, 0.6) is 5.75 Å². The van der Waals surface area contributed by atoms with Gasteiger partial charge in [-0.2, -0.15) is 11.3 Å². The van der Waals surface area contributed by atoms with Crippen LogP contribution in [0, 0.1) is 0 Å². The predicted molar refractivity (Wildman–Crippen MR) is 90.5 cm³/mol. The van der Waals surface area contributed by atoms with E-state index in [1.165, 1.54) is 6.92 Å². The van der Waals surface area contributed by atoms with Gasteiger partial charge in [0, 0.05) is 28.9 Å². The van der Waals surface area contributed by atoms with Crippen LogP contribution in [-0.4, -0.2) is 10.9 Å². The van der Waals surface area contributed by atoms with E-state index in [0.29, 0.717) is 6.61 Å². The van der Waals surface area contributed by atoms with Gasteiger partial charge in [0.25, 0.3) is 0 Å². The lowest BCUT2D eigenvalue weighted by Gasteiger charge is -2.06. The third-order valence-electron chi connectivity index (χ3n) is 2.88. The molecule has 3 rings (SSSR count). The second-order valence-electron chi connectivity index (χ2n) is 4.65. The van der Waals surface area contributed by atoms with Crippen molar-refractivity contribution in [3.8, 4) is 16.3 Å². The molecule has 1 N–H and O–H groups in total. The molecule has 0 atom stereocenters. The van der Waals surface area contributed by atoms with Gasteiger partial charge in [0.05, 0.1) is 5.69 Å². The zero-order valence-corrected chi connectivity index (χ0v) is 13.5. The molecule has 112 valence electrons. The molecule has 1 amide bonds. The Bertz CT molecular complexity index is 749. The molecule has 1 aromatic carbocycles. The van der Waals surface area contributed by atoms with Crippen molar-refractivity contribution in [3.05, 3.63) is 52.2 Å². The Labute approximate surface area is 136 Å². The zero-order chi connectivity index (χ0) is 15.4. The fourth-order valence-electron chi connectivity index (χ4n) is 1.89. The van der Waals surface area contributed by atoms with Crippen LogP contribution in [0.15, 0.2) is 46.5 Å². The van der Waals surface area contributed by atoms with Crippen LogP contribution >= 0.6 is 22.7 Å². The second kappa shape index (κ2) is 6.72. The first kappa shape index (κ1) is 14.7. The molecule has 4 nitrogen and oxygen atoms in total. The Balaban J connectivity index is 1.59. The third-order valence-corrected chi connectivity index (χ3v) is 4.50. The number of benzene rings is 1. The van der Waals surface area contributed by atoms with Crippen LogP contribution in [-0.2, 0) is 11.4 Å². The molecule has 0 radical (unpaired) electrons. The van der Waals surface area contributed by atoms with Crippen molar-refractivity contribution in [2.75, 3.05) is 5.32 Å². The Kier molecular flexibility index (Phi) is 4.50. The number of carbonyl (C=O) groups is 1. The highest BCUT2D eigenvalue weighted by molar-refractivity contribution is 7.14. The lowest BCUT2D eigenvalue weighted by Crippen LogP contribution is -2.05. The fraction of sp³-hybridized carbons (Fsp3) is 0.125. The summed E-state index contributed by atoms with van der Waals surface area (Å²) in [5.74, 6) is 0.663. The van der Waals surface area contributed by atoms with E-state index in [2.05, 4.69) is 21.7 Å². The van der Waals surface area contributed by atoms with Crippen molar-refractivity contribution in [2.45, 2.75) is 13.5 Å². The number of rotatable bonds is 5. The molecular weight excluding hydrogens is 316 g/mol. The van der Waals surface area contributed by atoms with E-state index >= 15 is 0 Å². The van der Waals surface area contributed by atoms with E-state index in [9.17, 15) is 4.79 Å². The Morgan fingerprint density at radius 1 is 1.23 bits per heavy atom. The number of ether oxygens (including phenoxy) is 1. The molecule has 2 aromatic heterocycles. The number of nitrogens with one attached hydrogen (secondary N) is 1. The van der Waals surface area contributed by atoms with Crippen LogP contribution < -0.4 is 10.1 Å². The summed E-state index contributed by atoms with van der Waals surface area (Å²) in [5, 5.41) is 9.88. The van der Waals surface area contributed by atoms with Gasteiger partial charge >= 0.3 is 0 Å². The fourth-order valence-corrected chi connectivity index (χ4v) is 3.40. The predicted octanol–water partition coefficient (Wildman–Crippen LogP) is 4.41. The molecule has 0 unspecified atom stereocenters. The van der Waals surface area contributed by atoms with Gasteiger partial charge in [0.15, 0.2) is 0 Å². The molecule has 0 spiro atoms. The Hall–Kier alpha value is -2.18. The van der Waals surface area contributed by atoms with Crippen LogP contribution in [0.25, 0.3) is 10.6 Å². The maximum atomic E-state index is 11.0. The van der Waals surface area contributed by atoms with Crippen LogP contribution in [0.3, 0.4) is 0 Å². The van der Waals surface area contributed by atoms with E-state index in [1.54, 1.807) is 22.7 Å². The van der Waals surface area contributed by atoms with Gasteiger partial charge in [0.2, 0.25) is 5.91 Å². The number of aromatic nitrogens is 1. The van der Waals surface area contributed by atoms with Gasteiger partial charge in [-0.25, -0.2) is 4.98 Å². The highest BCUT2D eigenvalue weighted by atomic mass is 32.1. The Morgan fingerprint density at radius 2 is 2.05 bits per heavy atom. The summed E-state index contributed by atoms with van der Waals surface area (Å²) in [6.45, 7) is 1.91. The highest BCUT2D eigenvalue weighted by Crippen LogP contribution is 2.26. The van der Waals surface area contributed by atoms with Gasteiger partial charge < -0.3 is 10.1 Å². The minimum absolute atomic E-state index is 0.0860. The largest absolute Gasteiger partial charge is 0.487 e. The van der Waals surface area contributed by atoms with Crippen molar-refractivity contribution in [3.63, 3.8) is 0 Å².